The fraction of sp³-hybridized carbons (Fsp3) is 0.571. The number of hydrogen-bond donors (Lipinski definition) is 1. The number of aryl methyl sites for hydroxylation is 2. The highest BCUT2D eigenvalue weighted by atomic mass is 32.1. The molecule has 1 fully saturated rings. The smallest absolute Gasteiger partial charge is 0.282 e. The van der Waals surface area contributed by atoms with Crippen LogP contribution in [0, 0.1) is 4.77 Å². The summed E-state index contributed by atoms with van der Waals surface area (Å²) in [6.45, 7) is 3.60. The van der Waals surface area contributed by atoms with E-state index in [0.717, 1.165) is 49.2 Å². The van der Waals surface area contributed by atoms with Crippen molar-refractivity contribution >= 4 is 33.8 Å². The van der Waals surface area contributed by atoms with E-state index in [4.69, 9.17) is 12.2 Å². The van der Waals surface area contributed by atoms with Crippen molar-refractivity contribution in [1.29, 1.82) is 0 Å². The minimum absolute atomic E-state index is 0.0673. The number of piperazine rings is 1. The first-order chi connectivity index (χ1) is 10.1. The Morgan fingerprint density at radius 1 is 1.19 bits per heavy atom. The van der Waals surface area contributed by atoms with Gasteiger partial charge in [-0.25, -0.2) is 0 Å². The number of nitrogens with one attached hydrogen (secondary N) is 1. The molecule has 7 heteroatoms. The van der Waals surface area contributed by atoms with E-state index in [-0.39, 0.29) is 5.56 Å². The zero-order valence-electron chi connectivity index (χ0n) is 12.0. The molecule has 5 nitrogen and oxygen atoms in total. The number of hydrogen-bond acceptors (Lipinski definition) is 5. The third kappa shape index (κ3) is 2.06. The predicted molar refractivity (Wildman–Crippen MR) is 88.7 cm³/mol. The van der Waals surface area contributed by atoms with E-state index in [1.807, 2.05) is 0 Å². The molecule has 1 saturated heterocycles. The number of likely N-dealkylation sites (N-methyl/N-ethyl adjacent to an activating group) is 1. The van der Waals surface area contributed by atoms with E-state index >= 15 is 0 Å². The maximum Gasteiger partial charge on any atom is 0.282 e. The summed E-state index contributed by atoms with van der Waals surface area (Å²) in [5.74, 6) is 0. The highest BCUT2D eigenvalue weighted by molar-refractivity contribution is 7.71. The van der Waals surface area contributed by atoms with Crippen LogP contribution in [0.2, 0.25) is 0 Å². The lowest BCUT2D eigenvalue weighted by atomic mass is 10.2. The molecule has 1 aliphatic carbocycles. The average molecular weight is 322 g/mol. The van der Waals surface area contributed by atoms with Crippen LogP contribution in [0.3, 0.4) is 0 Å². The molecule has 0 bridgehead atoms. The van der Waals surface area contributed by atoms with E-state index in [1.165, 1.54) is 16.9 Å². The Morgan fingerprint density at radius 2 is 1.95 bits per heavy atom. The Labute approximate surface area is 131 Å². The summed E-state index contributed by atoms with van der Waals surface area (Å²) < 4.78 is 2.22. The van der Waals surface area contributed by atoms with Crippen molar-refractivity contribution in [2.24, 2.45) is 0 Å². The van der Waals surface area contributed by atoms with Crippen LogP contribution in [-0.2, 0) is 12.8 Å². The molecule has 0 aromatic carbocycles. The van der Waals surface area contributed by atoms with Crippen molar-refractivity contribution in [3.8, 4) is 0 Å². The number of nitrogens with zero attached hydrogens (tertiary/aromatic N) is 3. The highest BCUT2D eigenvalue weighted by Crippen LogP contribution is 2.34. The van der Waals surface area contributed by atoms with Crippen LogP contribution in [0.1, 0.15) is 16.9 Å². The Bertz CT molecular complexity index is 811. The normalized spacial score (nSPS) is 19.4. The van der Waals surface area contributed by atoms with Gasteiger partial charge in [-0.15, -0.1) is 11.3 Å². The van der Waals surface area contributed by atoms with Crippen LogP contribution < -0.4 is 10.6 Å². The number of aromatic nitrogens is 2. The molecule has 2 aromatic heterocycles. The van der Waals surface area contributed by atoms with E-state index in [0.29, 0.717) is 4.77 Å². The zero-order chi connectivity index (χ0) is 14.6. The van der Waals surface area contributed by atoms with Crippen LogP contribution in [0.4, 0.5) is 0 Å². The lowest BCUT2D eigenvalue weighted by Crippen LogP contribution is -2.53. The van der Waals surface area contributed by atoms with Crippen LogP contribution >= 0.6 is 23.6 Å². The minimum Gasteiger partial charge on any atom is -0.322 e. The van der Waals surface area contributed by atoms with Gasteiger partial charge in [0.05, 0.1) is 5.39 Å². The summed E-state index contributed by atoms with van der Waals surface area (Å²) in [5, 5.41) is 2.96. The Morgan fingerprint density at radius 3 is 2.71 bits per heavy atom. The van der Waals surface area contributed by atoms with Crippen LogP contribution in [-0.4, -0.2) is 47.8 Å². The molecule has 2 aliphatic rings. The molecular formula is C14H18N4OS2. The number of rotatable bonds is 1. The number of aromatic amines is 1. The van der Waals surface area contributed by atoms with Gasteiger partial charge < -0.3 is 14.9 Å². The van der Waals surface area contributed by atoms with Gasteiger partial charge in [-0.1, -0.05) is 0 Å². The third-order valence-corrected chi connectivity index (χ3v) is 5.99. The van der Waals surface area contributed by atoms with E-state index < -0.39 is 0 Å². The number of H-pyrrole nitrogens is 1. The van der Waals surface area contributed by atoms with Crippen molar-refractivity contribution in [1.82, 2.24) is 14.6 Å². The molecule has 21 heavy (non-hydrogen) atoms. The summed E-state index contributed by atoms with van der Waals surface area (Å²) in [6.07, 6.45) is 3.29. The molecule has 3 heterocycles. The molecular weight excluding hydrogens is 304 g/mol. The van der Waals surface area contributed by atoms with Crippen LogP contribution in [0.25, 0.3) is 10.2 Å². The Balaban J connectivity index is 1.89. The molecule has 1 N–H and O–H groups in total. The third-order valence-electron chi connectivity index (χ3n) is 4.50. The first-order valence-electron chi connectivity index (χ1n) is 7.38. The van der Waals surface area contributed by atoms with Crippen molar-refractivity contribution in [3.63, 3.8) is 0 Å². The number of fused-ring (bicyclic) bond motifs is 3. The van der Waals surface area contributed by atoms with Crippen LogP contribution in [0.15, 0.2) is 4.79 Å². The standard InChI is InChI=1S/C14H18N4OS2/c1-16-5-7-17(8-6-16)18-13(19)11-9-3-2-4-10(9)21-12(11)15-14(18)20/h2-8H2,1H3,(H,15,20). The monoisotopic (exact) mass is 322 g/mol. The first-order valence-corrected chi connectivity index (χ1v) is 8.61. The molecule has 0 spiro atoms. The van der Waals surface area contributed by atoms with Gasteiger partial charge in [-0.05, 0) is 44.1 Å². The van der Waals surface area contributed by atoms with Gasteiger partial charge in [0.1, 0.15) is 4.83 Å². The fourth-order valence-electron chi connectivity index (χ4n) is 3.32. The van der Waals surface area contributed by atoms with Gasteiger partial charge in [0.2, 0.25) is 0 Å². The fourth-order valence-corrected chi connectivity index (χ4v) is 4.97. The highest BCUT2D eigenvalue weighted by Gasteiger charge is 2.23. The lowest BCUT2D eigenvalue weighted by Gasteiger charge is -2.34. The summed E-state index contributed by atoms with van der Waals surface area (Å²) in [7, 11) is 2.11. The van der Waals surface area contributed by atoms with Crippen molar-refractivity contribution in [2.75, 3.05) is 38.2 Å². The summed E-state index contributed by atoms with van der Waals surface area (Å²) in [5.41, 5.74) is 1.33. The van der Waals surface area contributed by atoms with Gasteiger partial charge in [0.25, 0.3) is 5.56 Å². The van der Waals surface area contributed by atoms with Crippen molar-refractivity contribution in [3.05, 3.63) is 25.6 Å². The second kappa shape index (κ2) is 4.93. The van der Waals surface area contributed by atoms with Crippen molar-refractivity contribution < 1.29 is 0 Å². The van der Waals surface area contributed by atoms with Gasteiger partial charge in [0, 0.05) is 31.1 Å². The zero-order valence-corrected chi connectivity index (χ0v) is 13.6. The Kier molecular flexibility index (Phi) is 3.16. The average Bonchev–Trinajstić information content (AvgIpc) is 3.00. The van der Waals surface area contributed by atoms with E-state index in [9.17, 15) is 4.79 Å². The van der Waals surface area contributed by atoms with Gasteiger partial charge in [-0.2, -0.15) is 4.68 Å². The van der Waals surface area contributed by atoms with E-state index in [2.05, 4.69) is 21.9 Å². The second-order valence-electron chi connectivity index (χ2n) is 5.87. The molecule has 1 aliphatic heterocycles. The van der Waals surface area contributed by atoms with Crippen molar-refractivity contribution in [2.45, 2.75) is 19.3 Å². The van der Waals surface area contributed by atoms with Gasteiger partial charge in [0.15, 0.2) is 4.77 Å². The van der Waals surface area contributed by atoms with Gasteiger partial charge >= 0.3 is 0 Å². The summed E-state index contributed by atoms with van der Waals surface area (Å²) in [6, 6.07) is 0. The molecule has 2 aromatic rings. The summed E-state index contributed by atoms with van der Waals surface area (Å²) >= 11 is 7.15. The topological polar surface area (TPSA) is 44.3 Å². The Hall–Kier alpha value is -1.18. The molecule has 4 rings (SSSR count). The van der Waals surface area contributed by atoms with Crippen LogP contribution in [0.5, 0.6) is 0 Å². The molecule has 112 valence electrons. The first kappa shape index (κ1) is 13.5. The SMILES string of the molecule is CN1CCN(n2c(=S)[nH]c3sc4c(c3c2=O)CCC4)CC1. The molecule has 0 amide bonds. The molecule has 0 saturated carbocycles. The molecule has 0 radical (unpaired) electrons. The maximum absolute atomic E-state index is 13.0. The van der Waals surface area contributed by atoms with E-state index in [1.54, 1.807) is 16.0 Å². The second-order valence-corrected chi connectivity index (χ2v) is 7.36. The predicted octanol–water partition coefficient (Wildman–Crippen LogP) is 1.49. The maximum atomic E-state index is 13.0. The molecule has 0 atom stereocenters. The van der Waals surface area contributed by atoms with Gasteiger partial charge in [-0.3, -0.25) is 4.79 Å². The lowest BCUT2D eigenvalue weighted by molar-refractivity contribution is 0.284. The number of thiophene rings is 1. The minimum atomic E-state index is 0.0673. The largest absolute Gasteiger partial charge is 0.322 e. The summed E-state index contributed by atoms with van der Waals surface area (Å²) in [4.78, 5) is 20.9. The molecule has 0 unspecified atom stereocenters. The quantitative estimate of drug-likeness (QED) is 0.808.